The summed E-state index contributed by atoms with van der Waals surface area (Å²) in [6.45, 7) is 5.26. The Morgan fingerprint density at radius 1 is 0.814 bits per heavy atom. The molecule has 43 heavy (non-hydrogen) atoms. The fourth-order valence-corrected chi connectivity index (χ4v) is 6.32. The summed E-state index contributed by atoms with van der Waals surface area (Å²) in [6, 6.07) is 30.3. The summed E-state index contributed by atoms with van der Waals surface area (Å²) in [5.74, 6) is -0.831. The number of halogens is 1. The second-order valence-corrected chi connectivity index (χ2v) is 12.9. The Balaban J connectivity index is 1.80. The second kappa shape index (κ2) is 14.4. The quantitative estimate of drug-likeness (QED) is 0.211. The van der Waals surface area contributed by atoms with E-state index in [1.54, 1.807) is 42.5 Å². The molecule has 224 valence electrons. The van der Waals surface area contributed by atoms with E-state index in [0.717, 1.165) is 21.0 Å². The van der Waals surface area contributed by atoms with Gasteiger partial charge in [-0.25, -0.2) is 8.42 Å². The molecule has 4 rings (SSSR count). The first-order chi connectivity index (χ1) is 20.6. The van der Waals surface area contributed by atoms with Crippen molar-refractivity contribution < 1.29 is 18.0 Å². The minimum atomic E-state index is -4.16. The average molecular weight is 618 g/mol. The maximum atomic E-state index is 14.4. The molecule has 0 radical (unpaired) electrons. The Morgan fingerprint density at radius 2 is 1.40 bits per heavy atom. The number of nitrogens with zero attached hydrogens (tertiary/aromatic N) is 2. The number of sulfonamides is 1. The van der Waals surface area contributed by atoms with Gasteiger partial charge in [0.2, 0.25) is 11.8 Å². The molecule has 0 aromatic heterocycles. The highest BCUT2D eigenvalue weighted by molar-refractivity contribution is 7.92. The van der Waals surface area contributed by atoms with Crippen molar-refractivity contribution in [2.75, 3.05) is 10.8 Å². The summed E-state index contributed by atoms with van der Waals surface area (Å²) < 4.78 is 29.0. The largest absolute Gasteiger partial charge is 0.352 e. The minimum Gasteiger partial charge on any atom is -0.352 e. The van der Waals surface area contributed by atoms with E-state index in [4.69, 9.17) is 11.6 Å². The van der Waals surface area contributed by atoms with Crippen LogP contribution in [-0.2, 0) is 32.6 Å². The molecule has 0 bridgehead atoms. The summed E-state index contributed by atoms with van der Waals surface area (Å²) >= 11 is 6.12. The van der Waals surface area contributed by atoms with Gasteiger partial charge in [0.25, 0.3) is 10.0 Å². The fourth-order valence-electron chi connectivity index (χ4n) is 4.76. The zero-order chi connectivity index (χ0) is 31.0. The summed E-state index contributed by atoms with van der Waals surface area (Å²) in [5, 5.41) is 3.40. The highest BCUT2D eigenvalue weighted by Crippen LogP contribution is 2.26. The van der Waals surface area contributed by atoms with Gasteiger partial charge < -0.3 is 10.2 Å². The molecule has 1 atom stereocenters. The molecule has 2 amide bonds. The number of benzene rings is 4. The van der Waals surface area contributed by atoms with E-state index in [2.05, 4.69) is 5.32 Å². The first kappa shape index (κ1) is 31.8. The standard InChI is InChI=1S/C34H36ClN3O4S/c1-25(2)36-34(40)32(22-27-13-6-4-7-14-27)37(23-28-15-11-10-12-26(28)3)33(39)24-38(30-20-18-29(35)19-21-30)43(41,42)31-16-8-5-9-17-31/h4-21,25,32H,22-24H2,1-3H3,(H,36,40)/t32-/m0/s1. The Morgan fingerprint density at radius 3 is 2.00 bits per heavy atom. The van der Waals surface area contributed by atoms with Crippen molar-refractivity contribution in [1.82, 2.24) is 10.2 Å². The average Bonchev–Trinajstić information content (AvgIpc) is 2.99. The number of anilines is 1. The molecule has 0 saturated carbocycles. The monoisotopic (exact) mass is 617 g/mol. The molecule has 0 spiro atoms. The number of carbonyl (C=O) groups is 2. The van der Waals surface area contributed by atoms with Crippen LogP contribution in [-0.4, -0.2) is 43.8 Å². The van der Waals surface area contributed by atoms with Gasteiger partial charge >= 0.3 is 0 Å². The smallest absolute Gasteiger partial charge is 0.264 e. The number of hydrogen-bond donors (Lipinski definition) is 1. The molecule has 0 aliphatic heterocycles. The van der Waals surface area contributed by atoms with E-state index < -0.39 is 28.5 Å². The maximum absolute atomic E-state index is 14.4. The normalized spacial score (nSPS) is 12.0. The Labute approximate surface area is 259 Å². The van der Waals surface area contributed by atoms with Crippen molar-refractivity contribution >= 4 is 39.1 Å². The first-order valence-electron chi connectivity index (χ1n) is 14.1. The molecule has 0 aliphatic carbocycles. The molecule has 7 nitrogen and oxygen atoms in total. The van der Waals surface area contributed by atoms with Crippen molar-refractivity contribution in [1.29, 1.82) is 0 Å². The first-order valence-corrected chi connectivity index (χ1v) is 15.9. The number of hydrogen-bond acceptors (Lipinski definition) is 4. The fraction of sp³-hybridized carbons (Fsp3) is 0.235. The zero-order valence-electron chi connectivity index (χ0n) is 24.5. The van der Waals surface area contributed by atoms with Crippen molar-refractivity contribution in [2.24, 2.45) is 0 Å². The Bertz CT molecular complexity index is 1630. The number of nitrogens with one attached hydrogen (secondary N) is 1. The molecule has 0 saturated heterocycles. The van der Waals surface area contributed by atoms with Crippen molar-refractivity contribution in [3.63, 3.8) is 0 Å². The number of carbonyl (C=O) groups excluding carboxylic acids is 2. The van der Waals surface area contributed by atoms with Crippen molar-refractivity contribution in [3.8, 4) is 0 Å². The lowest BCUT2D eigenvalue weighted by atomic mass is 10.0. The van der Waals surface area contributed by atoms with Crippen LogP contribution < -0.4 is 9.62 Å². The third-order valence-electron chi connectivity index (χ3n) is 7.03. The second-order valence-electron chi connectivity index (χ2n) is 10.6. The predicted octanol–water partition coefficient (Wildman–Crippen LogP) is 6.01. The van der Waals surface area contributed by atoms with Gasteiger partial charge in [-0.2, -0.15) is 0 Å². The van der Waals surface area contributed by atoms with Gasteiger partial charge in [-0.1, -0.05) is 84.4 Å². The van der Waals surface area contributed by atoms with E-state index in [9.17, 15) is 18.0 Å². The zero-order valence-corrected chi connectivity index (χ0v) is 26.1. The van der Waals surface area contributed by atoms with Crippen LogP contribution in [0.2, 0.25) is 5.02 Å². The SMILES string of the molecule is Cc1ccccc1CN(C(=O)CN(c1ccc(Cl)cc1)S(=O)(=O)c1ccccc1)[C@@H](Cc1ccccc1)C(=O)NC(C)C. The van der Waals surface area contributed by atoms with E-state index in [0.29, 0.717) is 5.02 Å². The van der Waals surface area contributed by atoms with Crippen LogP contribution >= 0.6 is 11.6 Å². The van der Waals surface area contributed by atoms with E-state index in [-0.39, 0.29) is 35.5 Å². The van der Waals surface area contributed by atoms with Crippen LogP contribution in [0.25, 0.3) is 0 Å². The van der Waals surface area contributed by atoms with Crippen molar-refractivity contribution in [3.05, 3.63) is 131 Å². The third kappa shape index (κ3) is 8.24. The molecule has 0 heterocycles. The van der Waals surface area contributed by atoms with Gasteiger partial charge in [0.05, 0.1) is 10.6 Å². The lowest BCUT2D eigenvalue weighted by Gasteiger charge is -2.34. The molecule has 0 aliphatic rings. The number of aryl methyl sites for hydroxylation is 1. The minimum absolute atomic E-state index is 0.0431. The topological polar surface area (TPSA) is 86.8 Å². The van der Waals surface area contributed by atoms with E-state index in [1.165, 1.54) is 17.0 Å². The summed E-state index contributed by atoms with van der Waals surface area (Å²) in [6.07, 6.45) is 0.253. The maximum Gasteiger partial charge on any atom is 0.264 e. The van der Waals surface area contributed by atoms with Crippen molar-refractivity contribution in [2.45, 2.75) is 50.7 Å². The molecular formula is C34H36ClN3O4S. The van der Waals surface area contributed by atoms with Gasteiger partial charge in [-0.3, -0.25) is 13.9 Å². The van der Waals surface area contributed by atoms with Gasteiger partial charge in [0.15, 0.2) is 0 Å². The lowest BCUT2D eigenvalue weighted by molar-refractivity contribution is -0.140. The van der Waals surface area contributed by atoms with Crippen LogP contribution in [0.3, 0.4) is 0 Å². The van der Waals surface area contributed by atoms with Gasteiger partial charge in [-0.15, -0.1) is 0 Å². The van der Waals surface area contributed by atoms with Gasteiger partial charge in [-0.05, 0) is 73.9 Å². The molecule has 4 aromatic carbocycles. The van der Waals surface area contributed by atoms with E-state index in [1.807, 2.05) is 75.4 Å². The van der Waals surface area contributed by atoms with Crippen LogP contribution in [0.4, 0.5) is 5.69 Å². The molecular weight excluding hydrogens is 582 g/mol. The van der Waals surface area contributed by atoms with Gasteiger partial charge in [0, 0.05) is 24.0 Å². The number of amides is 2. The molecule has 0 unspecified atom stereocenters. The van der Waals surface area contributed by atoms with E-state index >= 15 is 0 Å². The summed E-state index contributed by atoms with van der Waals surface area (Å²) in [4.78, 5) is 29.7. The van der Waals surface area contributed by atoms with Crippen LogP contribution in [0, 0.1) is 6.92 Å². The summed E-state index contributed by atoms with van der Waals surface area (Å²) in [7, 11) is -4.16. The van der Waals surface area contributed by atoms with Gasteiger partial charge in [0.1, 0.15) is 12.6 Å². The highest BCUT2D eigenvalue weighted by Gasteiger charge is 2.35. The molecule has 1 N–H and O–H groups in total. The number of rotatable bonds is 12. The molecule has 0 fully saturated rings. The molecule has 9 heteroatoms. The predicted molar refractivity (Wildman–Crippen MR) is 171 cm³/mol. The Hall–Kier alpha value is -4.14. The summed E-state index contributed by atoms with van der Waals surface area (Å²) in [5.41, 5.74) is 2.97. The highest BCUT2D eigenvalue weighted by atomic mass is 35.5. The van der Waals surface area contributed by atoms with Crippen LogP contribution in [0.5, 0.6) is 0 Å². The van der Waals surface area contributed by atoms with Crippen LogP contribution in [0.15, 0.2) is 114 Å². The lowest BCUT2D eigenvalue weighted by Crippen LogP contribution is -2.54. The Kier molecular flexibility index (Phi) is 10.6. The molecule has 4 aromatic rings. The third-order valence-corrected chi connectivity index (χ3v) is 9.07. The van der Waals surface area contributed by atoms with Crippen LogP contribution in [0.1, 0.15) is 30.5 Å².